The normalized spacial score (nSPS) is 10.5. The molecule has 176 valence electrons. The molecule has 1 amide bonds. The van der Waals surface area contributed by atoms with Crippen LogP contribution in [0.15, 0.2) is 46.3 Å². The van der Waals surface area contributed by atoms with E-state index in [2.05, 4.69) is 9.89 Å². The maximum Gasteiger partial charge on any atom is 0.280 e. The Morgan fingerprint density at radius 2 is 1.75 bits per heavy atom. The van der Waals surface area contributed by atoms with Crippen molar-refractivity contribution >= 4 is 64.1 Å². The van der Waals surface area contributed by atoms with Crippen LogP contribution in [0.2, 0.25) is 0 Å². The number of benzene rings is 2. The van der Waals surface area contributed by atoms with E-state index in [4.69, 9.17) is 28.4 Å². The summed E-state index contributed by atoms with van der Waals surface area (Å²) in [5.41, 5.74) is 12.2. The molecule has 0 bridgehead atoms. The van der Waals surface area contributed by atoms with E-state index in [1.54, 1.807) is 6.07 Å². The van der Waals surface area contributed by atoms with Gasteiger partial charge in [-0.05, 0) is 56.4 Å². The van der Waals surface area contributed by atoms with Gasteiger partial charge in [-0.1, -0.05) is 18.3 Å². The molecule has 0 aliphatic heterocycles. The predicted octanol–water partition coefficient (Wildman–Crippen LogP) is 2.59. The Hall–Kier alpha value is -2.24. The number of hydrogen-bond acceptors (Lipinski definition) is 6. The van der Waals surface area contributed by atoms with E-state index in [0.29, 0.717) is 11.3 Å². The molecule has 8 nitrogen and oxygen atoms in total. The number of thiocarbonyl (C=S) groups is 1. The second-order valence-electron chi connectivity index (χ2n) is 6.92. The molecule has 0 spiro atoms. The first kappa shape index (κ1) is 29.8. The van der Waals surface area contributed by atoms with Crippen molar-refractivity contribution in [2.45, 2.75) is 11.3 Å². The van der Waals surface area contributed by atoms with Gasteiger partial charge in [0.25, 0.3) is 5.91 Å². The van der Waals surface area contributed by atoms with Gasteiger partial charge >= 0.3 is 0 Å². The summed E-state index contributed by atoms with van der Waals surface area (Å²) in [5, 5.41) is 1.48. The molecule has 2 aromatic rings. The van der Waals surface area contributed by atoms with Crippen molar-refractivity contribution in [2.24, 2.45) is 16.5 Å². The second-order valence-corrected chi connectivity index (χ2v) is 9.14. The first-order valence-electron chi connectivity index (χ1n) is 8.90. The Morgan fingerprint density at radius 3 is 2.28 bits per heavy atom. The number of carbonyl (C=O) groups is 1. The zero-order valence-corrected chi connectivity index (χ0v) is 21.0. The average Bonchev–Trinajstić information content (AvgIpc) is 2.65. The van der Waals surface area contributed by atoms with Gasteiger partial charge in [0.15, 0.2) is 15.8 Å². The molecule has 0 fully saturated rings. The Kier molecular flexibility index (Phi) is 11.8. The van der Waals surface area contributed by atoms with Gasteiger partial charge in [0.05, 0.1) is 0 Å². The van der Waals surface area contributed by atoms with E-state index in [9.17, 15) is 13.2 Å². The molecule has 0 saturated carbocycles. The lowest BCUT2D eigenvalue weighted by Gasteiger charge is -2.14. The van der Waals surface area contributed by atoms with Crippen LogP contribution in [0, 0.1) is 0 Å². The van der Waals surface area contributed by atoms with Gasteiger partial charge < -0.3 is 21.1 Å². The average molecular weight is 521 g/mol. The van der Waals surface area contributed by atoms with Gasteiger partial charge in [0, 0.05) is 29.3 Å². The first-order chi connectivity index (χ1) is 14.0. The highest BCUT2D eigenvalue weighted by atomic mass is 35.5. The summed E-state index contributed by atoms with van der Waals surface area (Å²) in [4.78, 5) is 17.4. The Balaban J connectivity index is 0.00000480. The number of amides is 1. The number of hydrogen-bond donors (Lipinski definition) is 2. The molecule has 0 aliphatic rings. The summed E-state index contributed by atoms with van der Waals surface area (Å²) in [6.07, 6.45) is 1.86. The van der Waals surface area contributed by atoms with E-state index >= 15 is 0 Å². The quantitative estimate of drug-likeness (QED) is 0.308. The van der Waals surface area contributed by atoms with Crippen molar-refractivity contribution < 1.29 is 17.9 Å². The minimum atomic E-state index is -3.71. The van der Waals surface area contributed by atoms with Crippen molar-refractivity contribution in [1.82, 2.24) is 4.90 Å². The van der Waals surface area contributed by atoms with Crippen LogP contribution in [0.3, 0.4) is 0 Å². The number of likely N-dealkylation sites (N-methyl/N-ethyl adjacent to an activating group) is 1. The predicted molar refractivity (Wildman–Crippen MR) is 136 cm³/mol. The fourth-order valence-corrected chi connectivity index (χ4v) is 3.61. The van der Waals surface area contributed by atoms with Crippen LogP contribution >= 0.6 is 37.0 Å². The van der Waals surface area contributed by atoms with Gasteiger partial charge in [-0.25, -0.2) is 8.42 Å². The molecule has 4 N–H and O–H groups in total. The summed E-state index contributed by atoms with van der Waals surface area (Å²) in [5.74, 6) is -0.692. The number of nitrogens with two attached hydrogens (primary N) is 2. The minimum Gasteiger partial charge on any atom is -0.455 e. The van der Waals surface area contributed by atoms with Gasteiger partial charge in [0.1, 0.15) is 16.4 Å². The van der Waals surface area contributed by atoms with Gasteiger partial charge in [-0.2, -0.15) is 4.99 Å². The number of guanidine groups is 1. The summed E-state index contributed by atoms with van der Waals surface area (Å²) < 4.78 is 30.4. The SMILES string of the molecule is CN(C)CCc1ccc(Oc2ccc(C(=O)N=C(N)N)cc2S(C)(=O)=O)c(C=S)c1.Cl.Cl. The lowest BCUT2D eigenvalue weighted by molar-refractivity contribution is 0.100. The fourth-order valence-electron chi connectivity index (χ4n) is 2.61. The molecular weight excluding hydrogens is 495 g/mol. The zero-order chi connectivity index (χ0) is 22.5. The smallest absolute Gasteiger partial charge is 0.280 e. The third-order valence-electron chi connectivity index (χ3n) is 4.09. The van der Waals surface area contributed by atoms with Crippen molar-refractivity contribution in [3.05, 3.63) is 53.1 Å². The highest BCUT2D eigenvalue weighted by molar-refractivity contribution is 7.90. The maximum atomic E-state index is 12.3. The standard InChI is InChI=1S/C20H24N4O4S2.2ClH/c1-24(2)9-8-13-4-6-16(15(10-13)12-29)28-17-7-5-14(19(25)23-20(21)22)11-18(17)30(3,26)27;;/h4-7,10-12H,8-9H2,1-3H3,(H4,21,22,23,25);2*1H. The molecule has 12 heteroatoms. The number of carbonyl (C=O) groups excluding carboxylic acids is 1. The Labute approximate surface area is 205 Å². The molecule has 0 atom stereocenters. The molecular formula is C20H26Cl2N4O4S2. The number of sulfone groups is 1. The Morgan fingerprint density at radius 1 is 1.12 bits per heavy atom. The van der Waals surface area contributed by atoms with E-state index in [1.165, 1.54) is 23.6 Å². The Bertz CT molecular complexity index is 1100. The largest absolute Gasteiger partial charge is 0.455 e. The summed E-state index contributed by atoms with van der Waals surface area (Å²) in [6.45, 7) is 0.876. The van der Waals surface area contributed by atoms with Crippen LogP contribution in [-0.2, 0) is 16.3 Å². The summed E-state index contributed by atoms with van der Waals surface area (Å²) >= 11 is 5.10. The number of nitrogens with zero attached hydrogens (tertiary/aromatic N) is 2. The van der Waals surface area contributed by atoms with Crippen LogP contribution in [0.1, 0.15) is 21.5 Å². The number of aliphatic imine (C=N–C) groups is 1. The fraction of sp³-hybridized carbons (Fsp3) is 0.250. The molecule has 2 aromatic carbocycles. The van der Waals surface area contributed by atoms with Crippen molar-refractivity contribution in [3.63, 3.8) is 0 Å². The van der Waals surface area contributed by atoms with E-state index in [-0.39, 0.29) is 41.0 Å². The molecule has 0 aliphatic carbocycles. The van der Waals surface area contributed by atoms with Crippen LogP contribution in [0.25, 0.3) is 0 Å². The van der Waals surface area contributed by atoms with Crippen LogP contribution in [-0.4, -0.2) is 57.4 Å². The lowest BCUT2D eigenvalue weighted by Crippen LogP contribution is -2.24. The topological polar surface area (TPSA) is 128 Å². The van der Waals surface area contributed by atoms with Crippen LogP contribution in [0.5, 0.6) is 11.5 Å². The molecule has 0 heterocycles. The van der Waals surface area contributed by atoms with E-state index in [0.717, 1.165) is 24.8 Å². The van der Waals surface area contributed by atoms with Crippen molar-refractivity contribution in [3.8, 4) is 11.5 Å². The zero-order valence-electron chi connectivity index (χ0n) is 17.8. The van der Waals surface area contributed by atoms with E-state index in [1.807, 2.05) is 26.2 Å². The third kappa shape index (κ3) is 8.36. The first-order valence-corrected chi connectivity index (χ1v) is 11.3. The van der Waals surface area contributed by atoms with Gasteiger partial charge in [-0.3, -0.25) is 4.79 Å². The second kappa shape index (κ2) is 12.7. The number of ether oxygens (including phenoxy) is 1. The van der Waals surface area contributed by atoms with Crippen molar-refractivity contribution in [1.29, 1.82) is 0 Å². The highest BCUT2D eigenvalue weighted by Crippen LogP contribution is 2.32. The maximum absolute atomic E-state index is 12.3. The van der Waals surface area contributed by atoms with Crippen LogP contribution in [0.4, 0.5) is 0 Å². The van der Waals surface area contributed by atoms with E-state index < -0.39 is 21.7 Å². The molecule has 0 radical (unpaired) electrons. The minimum absolute atomic E-state index is 0. The van der Waals surface area contributed by atoms with Crippen molar-refractivity contribution in [2.75, 3.05) is 26.9 Å². The van der Waals surface area contributed by atoms with Gasteiger partial charge in [0.2, 0.25) is 0 Å². The summed E-state index contributed by atoms with van der Waals surface area (Å²) in [7, 11) is 0.270. The summed E-state index contributed by atoms with van der Waals surface area (Å²) in [6, 6.07) is 9.51. The number of rotatable bonds is 8. The molecule has 2 rings (SSSR count). The lowest BCUT2D eigenvalue weighted by atomic mass is 10.1. The molecule has 0 aromatic heterocycles. The number of halogens is 2. The van der Waals surface area contributed by atoms with Gasteiger partial charge in [-0.15, -0.1) is 24.8 Å². The van der Waals surface area contributed by atoms with Crippen LogP contribution < -0.4 is 16.2 Å². The third-order valence-corrected chi connectivity index (χ3v) is 5.46. The highest BCUT2D eigenvalue weighted by Gasteiger charge is 2.19. The molecule has 32 heavy (non-hydrogen) atoms. The molecule has 0 saturated heterocycles. The monoisotopic (exact) mass is 520 g/mol. The molecule has 0 unspecified atom stereocenters.